The first-order valence-corrected chi connectivity index (χ1v) is 12.0. The predicted octanol–water partition coefficient (Wildman–Crippen LogP) is 8.27. The van der Waals surface area contributed by atoms with Gasteiger partial charge in [0.1, 0.15) is 5.75 Å². The molecule has 0 aliphatic carbocycles. The number of hydrogen-bond donors (Lipinski definition) is 0. The van der Waals surface area contributed by atoms with E-state index in [-0.39, 0.29) is 0 Å². The molecular weight excluding hydrogens is 452 g/mol. The monoisotopic (exact) mass is 480 g/mol. The number of ether oxygens (including phenoxy) is 1. The normalized spacial score (nSPS) is 10.9. The predicted molar refractivity (Wildman–Crippen MR) is 121 cm³/mol. The Bertz CT molecular complexity index is 654. The highest BCUT2D eigenvalue weighted by atomic mass is 79.9. The van der Waals surface area contributed by atoms with E-state index in [1.165, 1.54) is 60.8 Å². The van der Waals surface area contributed by atoms with Gasteiger partial charge in [-0.15, -0.1) is 0 Å². The molecule has 2 aromatic carbocycles. The molecule has 0 aliphatic rings. The summed E-state index contributed by atoms with van der Waals surface area (Å²) in [4.78, 5) is 0. The minimum atomic E-state index is 0.809. The summed E-state index contributed by atoms with van der Waals surface area (Å²) in [6.45, 7) is 3.07. The molecule has 1 nitrogen and oxygen atoms in total. The number of benzene rings is 2. The zero-order valence-corrected chi connectivity index (χ0v) is 18.9. The first kappa shape index (κ1) is 21.5. The Balaban J connectivity index is 1.90. The molecule has 142 valence electrons. The Labute approximate surface area is 175 Å². The first-order chi connectivity index (χ1) is 12.8. The van der Waals surface area contributed by atoms with E-state index in [0.29, 0.717) is 0 Å². The quantitative estimate of drug-likeness (QED) is 0.219. The zero-order valence-electron chi connectivity index (χ0n) is 15.8. The van der Waals surface area contributed by atoms with E-state index in [9.17, 15) is 0 Å². The summed E-state index contributed by atoms with van der Waals surface area (Å²) in [5.74, 6) is 0.971. The van der Waals surface area contributed by atoms with Gasteiger partial charge in [0, 0.05) is 10.7 Å². The lowest BCUT2D eigenvalue weighted by atomic mass is 9.98. The van der Waals surface area contributed by atoms with Gasteiger partial charge in [-0.3, -0.25) is 0 Å². The van der Waals surface area contributed by atoms with Crippen LogP contribution in [0.3, 0.4) is 0 Å². The smallest absolute Gasteiger partial charge is 0.119 e. The van der Waals surface area contributed by atoms with Gasteiger partial charge in [0.2, 0.25) is 0 Å². The molecule has 0 aromatic heterocycles. The van der Waals surface area contributed by atoms with Gasteiger partial charge < -0.3 is 4.74 Å². The summed E-state index contributed by atoms with van der Waals surface area (Å²) >= 11 is 7.17. The van der Waals surface area contributed by atoms with Gasteiger partial charge >= 0.3 is 0 Å². The van der Waals surface area contributed by atoms with E-state index in [4.69, 9.17) is 4.74 Å². The topological polar surface area (TPSA) is 9.23 Å². The van der Waals surface area contributed by atoms with Gasteiger partial charge in [-0.05, 0) is 40.8 Å². The molecule has 0 atom stereocenters. The molecule has 0 aliphatic heterocycles. The van der Waals surface area contributed by atoms with Crippen molar-refractivity contribution in [3.05, 3.63) is 53.6 Å². The maximum atomic E-state index is 6.00. The standard InChI is InChI=1S/C23H30Br2O/c1-2-3-4-5-6-7-8-14-26-22-11-9-10-20(16-22)23-15-19(17-24)12-13-21(23)18-25/h9-13,15-16H,2-8,14,17-18H2,1H3. The van der Waals surface area contributed by atoms with Crippen molar-refractivity contribution in [1.29, 1.82) is 0 Å². The molecule has 0 spiro atoms. The average molecular weight is 482 g/mol. The van der Waals surface area contributed by atoms with Crippen molar-refractivity contribution in [3.63, 3.8) is 0 Å². The van der Waals surface area contributed by atoms with Crippen molar-refractivity contribution in [3.8, 4) is 16.9 Å². The van der Waals surface area contributed by atoms with E-state index in [0.717, 1.165) is 29.4 Å². The SMILES string of the molecule is CCCCCCCCCOc1cccc(-c2cc(CBr)ccc2CBr)c1. The second-order valence-electron chi connectivity index (χ2n) is 6.76. The van der Waals surface area contributed by atoms with Crippen LogP contribution in [0.5, 0.6) is 5.75 Å². The second kappa shape index (κ2) is 12.6. The molecule has 2 rings (SSSR count). The van der Waals surface area contributed by atoms with Crippen molar-refractivity contribution in [2.75, 3.05) is 6.61 Å². The number of unbranched alkanes of at least 4 members (excludes halogenated alkanes) is 6. The largest absolute Gasteiger partial charge is 0.494 e. The van der Waals surface area contributed by atoms with E-state index in [1.54, 1.807) is 0 Å². The Kier molecular flexibility index (Phi) is 10.4. The molecule has 0 heterocycles. The van der Waals surface area contributed by atoms with Crippen molar-refractivity contribution < 1.29 is 4.74 Å². The molecule has 0 saturated heterocycles. The third-order valence-corrected chi connectivity index (χ3v) is 5.89. The highest BCUT2D eigenvalue weighted by molar-refractivity contribution is 9.08. The Morgan fingerprint density at radius 1 is 0.808 bits per heavy atom. The molecule has 0 bridgehead atoms. The number of rotatable bonds is 12. The van der Waals surface area contributed by atoms with Crippen LogP contribution >= 0.6 is 31.9 Å². The fraction of sp³-hybridized carbons (Fsp3) is 0.478. The first-order valence-electron chi connectivity index (χ1n) is 9.75. The highest BCUT2D eigenvalue weighted by Crippen LogP contribution is 2.30. The molecule has 26 heavy (non-hydrogen) atoms. The fourth-order valence-electron chi connectivity index (χ4n) is 3.09. The summed E-state index contributed by atoms with van der Waals surface area (Å²) in [6, 6.07) is 15.1. The van der Waals surface area contributed by atoms with Crippen molar-refractivity contribution in [2.45, 2.75) is 62.5 Å². The third kappa shape index (κ3) is 7.08. The minimum Gasteiger partial charge on any atom is -0.494 e. The molecular formula is C23H30Br2O. The van der Waals surface area contributed by atoms with Crippen LogP contribution in [-0.4, -0.2) is 6.61 Å². The molecule has 0 radical (unpaired) electrons. The fourth-order valence-corrected chi connectivity index (χ4v) is 3.93. The van der Waals surface area contributed by atoms with Crippen molar-refractivity contribution in [2.24, 2.45) is 0 Å². The average Bonchev–Trinajstić information content (AvgIpc) is 2.69. The third-order valence-electron chi connectivity index (χ3n) is 4.63. The van der Waals surface area contributed by atoms with E-state index < -0.39 is 0 Å². The lowest BCUT2D eigenvalue weighted by Gasteiger charge is -2.12. The molecule has 0 saturated carbocycles. The number of alkyl halides is 2. The maximum absolute atomic E-state index is 6.00. The van der Waals surface area contributed by atoms with E-state index in [1.807, 2.05) is 0 Å². The molecule has 2 aromatic rings. The van der Waals surface area contributed by atoms with Crippen LogP contribution in [0, 0.1) is 0 Å². The summed E-state index contributed by atoms with van der Waals surface area (Å²) < 4.78 is 6.00. The Morgan fingerprint density at radius 2 is 1.58 bits per heavy atom. The number of halogens is 2. The van der Waals surface area contributed by atoms with Gasteiger partial charge in [-0.2, -0.15) is 0 Å². The van der Waals surface area contributed by atoms with Gasteiger partial charge in [0.25, 0.3) is 0 Å². The Morgan fingerprint density at radius 3 is 2.31 bits per heavy atom. The van der Waals surface area contributed by atoms with Crippen LogP contribution in [0.2, 0.25) is 0 Å². The lowest BCUT2D eigenvalue weighted by molar-refractivity contribution is 0.304. The molecule has 0 N–H and O–H groups in total. The van der Waals surface area contributed by atoms with E-state index in [2.05, 4.69) is 81.2 Å². The zero-order chi connectivity index (χ0) is 18.6. The van der Waals surface area contributed by atoms with Gasteiger partial charge in [-0.25, -0.2) is 0 Å². The highest BCUT2D eigenvalue weighted by Gasteiger charge is 2.07. The van der Waals surface area contributed by atoms with Gasteiger partial charge in [-0.1, -0.05) is 108 Å². The van der Waals surface area contributed by atoms with Crippen LogP contribution in [0.4, 0.5) is 0 Å². The molecule has 0 amide bonds. The van der Waals surface area contributed by atoms with Crippen LogP contribution in [0.1, 0.15) is 63.0 Å². The maximum Gasteiger partial charge on any atom is 0.119 e. The van der Waals surface area contributed by atoms with Crippen molar-refractivity contribution >= 4 is 31.9 Å². The number of hydrogen-bond acceptors (Lipinski definition) is 1. The van der Waals surface area contributed by atoms with Crippen molar-refractivity contribution in [1.82, 2.24) is 0 Å². The summed E-state index contributed by atoms with van der Waals surface area (Å²) in [7, 11) is 0. The molecule has 3 heteroatoms. The molecule has 0 unspecified atom stereocenters. The lowest BCUT2D eigenvalue weighted by Crippen LogP contribution is -1.98. The van der Waals surface area contributed by atoms with Gasteiger partial charge in [0.05, 0.1) is 6.61 Å². The molecule has 0 fully saturated rings. The summed E-state index contributed by atoms with van der Waals surface area (Å²) in [6.07, 6.45) is 9.17. The minimum absolute atomic E-state index is 0.809. The van der Waals surface area contributed by atoms with Gasteiger partial charge in [0.15, 0.2) is 0 Å². The van der Waals surface area contributed by atoms with Crippen LogP contribution in [-0.2, 0) is 10.7 Å². The Hall–Kier alpha value is -0.800. The van der Waals surface area contributed by atoms with E-state index >= 15 is 0 Å². The summed E-state index contributed by atoms with van der Waals surface area (Å²) in [5.41, 5.74) is 5.09. The van der Waals surface area contributed by atoms with Crippen LogP contribution < -0.4 is 4.74 Å². The second-order valence-corrected chi connectivity index (χ2v) is 7.88. The summed E-state index contributed by atoms with van der Waals surface area (Å²) in [5, 5.41) is 1.73. The van der Waals surface area contributed by atoms with Crippen LogP contribution in [0.15, 0.2) is 42.5 Å². The van der Waals surface area contributed by atoms with Crippen LogP contribution in [0.25, 0.3) is 11.1 Å².